The van der Waals surface area contributed by atoms with Crippen LogP contribution in [-0.2, 0) is 11.3 Å². The lowest BCUT2D eigenvalue weighted by Crippen LogP contribution is -2.16. The molecule has 1 rings (SSSR count). The molecule has 0 bridgehead atoms. The summed E-state index contributed by atoms with van der Waals surface area (Å²) in [7, 11) is 0. The molecule has 0 fully saturated rings. The molecule has 0 unspecified atom stereocenters. The van der Waals surface area contributed by atoms with Crippen LogP contribution in [0.5, 0.6) is 0 Å². The Balaban J connectivity index is 2.03. The maximum absolute atomic E-state index is 5.50. The third-order valence-corrected chi connectivity index (χ3v) is 2.78. The lowest BCUT2D eigenvalue weighted by Gasteiger charge is -2.09. The van der Waals surface area contributed by atoms with Crippen molar-refractivity contribution in [3.8, 4) is 0 Å². The minimum atomic E-state index is 0.356. The number of ether oxygens (including phenoxy) is 1. The van der Waals surface area contributed by atoms with Crippen molar-refractivity contribution in [2.24, 2.45) is 0 Å². The van der Waals surface area contributed by atoms with Crippen molar-refractivity contribution in [2.45, 2.75) is 46.3 Å². The van der Waals surface area contributed by atoms with Crippen LogP contribution in [0.25, 0.3) is 0 Å². The van der Waals surface area contributed by atoms with Crippen molar-refractivity contribution in [2.75, 3.05) is 13.2 Å². The Kier molecular flexibility index (Phi) is 6.90. The first-order valence-corrected chi connectivity index (χ1v) is 6.57. The monoisotopic (exact) mass is 235 g/mol. The molecular formula is C15H25NO. The fourth-order valence-corrected chi connectivity index (χ4v) is 1.70. The summed E-state index contributed by atoms with van der Waals surface area (Å²) in [4.78, 5) is 0. The highest BCUT2D eigenvalue weighted by Gasteiger charge is 1.96. The van der Waals surface area contributed by atoms with Gasteiger partial charge in [-0.2, -0.15) is 0 Å². The number of hydrogen-bond donors (Lipinski definition) is 1. The van der Waals surface area contributed by atoms with Gasteiger partial charge in [-0.05, 0) is 51.3 Å². The zero-order chi connectivity index (χ0) is 12.5. The summed E-state index contributed by atoms with van der Waals surface area (Å²) in [6.45, 7) is 9.23. The Hall–Kier alpha value is -0.860. The van der Waals surface area contributed by atoms with Crippen LogP contribution in [0.15, 0.2) is 24.3 Å². The highest BCUT2D eigenvalue weighted by atomic mass is 16.5. The summed E-state index contributed by atoms with van der Waals surface area (Å²) in [5, 5.41) is 3.48. The van der Waals surface area contributed by atoms with E-state index in [1.165, 1.54) is 17.5 Å². The average molecular weight is 235 g/mol. The van der Waals surface area contributed by atoms with Gasteiger partial charge in [0.2, 0.25) is 0 Å². The van der Waals surface area contributed by atoms with E-state index in [0.717, 1.165) is 26.1 Å². The first-order chi connectivity index (χ1) is 8.20. The maximum Gasteiger partial charge on any atom is 0.0518 e. The Labute approximate surface area is 105 Å². The summed E-state index contributed by atoms with van der Waals surface area (Å²) in [6.07, 6.45) is 2.67. The fourth-order valence-electron chi connectivity index (χ4n) is 1.70. The van der Waals surface area contributed by atoms with E-state index < -0.39 is 0 Å². The van der Waals surface area contributed by atoms with Crippen LogP contribution in [0.4, 0.5) is 0 Å². The Bertz CT molecular complexity index is 310. The van der Waals surface area contributed by atoms with E-state index in [9.17, 15) is 0 Å². The van der Waals surface area contributed by atoms with Gasteiger partial charge in [-0.3, -0.25) is 0 Å². The van der Waals surface area contributed by atoms with Crippen LogP contribution < -0.4 is 5.32 Å². The standard InChI is InChI=1S/C15H25NO/c1-13(2)17-11-7-6-10-16-12-15-9-5-4-8-14(15)3/h4-5,8-9,13,16H,6-7,10-12H2,1-3H3. The first kappa shape index (κ1) is 14.2. The molecule has 0 aliphatic rings. The minimum Gasteiger partial charge on any atom is -0.379 e. The van der Waals surface area contributed by atoms with Crippen molar-refractivity contribution in [1.82, 2.24) is 5.32 Å². The van der Waals surface area contributed by atoms with Gasteiger partial charge in [0.15, 0.2) is 0 Å². The number of aryl methyl sites for hydroxylation is 1. The van der Waals surface area contributed by atoms with Gasteiger partial charge in [-0.1, -0.05) is 24.3 Å². The molecule has 17 heavy (non-hydrogen) atoms. The predicted molar refractivity (Wildman–Crippen MR) is 73.2 cm³/mol. The van der Waals surface area contributed by atoms with Crippen molar-refractivity contribution in [3.05, 3.63) is 35.4 Å². The third kappa shape index (κ3) is 6.44. The van der Waals surface area contributed by atoms with E-state index in [-0.39, 0.29) is 0 Å². The van der Waals surface area contributed by atoms with Crippen LogP contribution in [0, 0.1) is 6.92 Å². The van der Waals surface area contributed by atoms with Crippen molar-refractivity contribution >= 4 is 0 Å². The molecule has 96 valence electrons. The lowest BCUT2D eigenvalue weighted by molar-refractivity contribution is 0.0760. The summed E-state index contributed by atoms with van der Waals surface area (Å²) >= 11 is 0. The SMILES string of the molecule is Cc1ccccc1CNCCCCOC(C)C. The van der Waals surface area contributed by atoms with Crippen molar-refractivity contribution in [1.29, 1.82) is 0 Å². The highest BCUT2D eigenvalue weighted by Crippen LogP contribution is 2.06. The van der Waals surface area contributed by atoms with E-state index in [0.29, 0.717) is 6.10 Å². The molecule has 0 aliphatic heterocycles. The van der Waals surface area contributed by atoms with Gasteiger partial charge < -0.3 is 10.1 Å². The van der Waals surface area contributed by atoms with Crippen molar-refractivity contribution in [3.63, 3.8) is 0 Å². The summed E-state index contributed by atoms with van der Waals surface area (Å²) < 4.78 is 5.50. The van der Waals surface area contributed by atoms with E-state index in [1.807, 2.05) is 0 Å². The van der Waals surface area contributed by atoms with Crippen LogP contribution >= 0.6 is 0 Å². The normalized spacial score (nSPS) is 11.1. The van der Waals surface area contributed by atoms with Crippen LogP contribution in [0.3, 0.4) is 0 Å². The smallest absolute Gasteiger partial charge is 0.0518 e. The third-order valence-electron chi connectivity index (χ3n) is 2.78. The van der Waals surface area contributed by atoms with Gasteiger partial charge >= 0.3 is 0 Å². The molecule has 0 heterocycles. The molecule has 0 radical (unpaired) electrons. The number of rotatable bonds is 8. The predicted octanol–water partition coefficient (Wildman–Crippen LogP) is 3.29. The quantitative estimate of drug-likeness (QED) is 0.698. The fraction of sp³-hybridized carbons (Fsp3) is 0.600. The average Bonchev–Trinajstić information content (AvgIpc) is 2.30. The number of unbranched alkanes of at least 4 members (excludes halogenated alkanes) is 1. The number of benzene rings is 1. The first-order valence-electron chi connectivity index (χ1n) is 6.57. The van der Waals surface area contributed by atoms with Gasteiger partial charge in [0.05, 0.1) is 6.10 Å². The molecule has 0 aromatic heterocycles. The maximum atomic E-state index is 5.50. The second-order valence-electron chi connectivity index (χ2n) is 4.73. The topological polar surface area (TPSA) is 21.3 Å². The number of hydrogen-bond acceptors (Lipinski definition) is 2. The largest absolute Gasteiger partial charge is 0.379 e. The zero-order valence-corrected chi connectivity index (χ0v) is 11.3. The Morgan fingerprint density at radius 3 is 2.65 bits per heavy atom. The van der Waals surface area contributed by atoms with Gasteiger partial charge in [0, 0.05) is 13.2 Å². The van der Waals surface area contributed by atoms with Crippen LogP contribution in [0.1, 0.15) is 37.8 Å². The summed E-state index contributed by atoms with van der Waals surface area (Å²) in [6, 6.07) is 8.53. The zero-order valence-electron chi connectivity index (χ0n) is 11.3. The van der Waals surface area contributed by atoms with E-state index >= 15 is 0 Å². The Morgan fingerprint density at radius 1 is 1.18 bits per heavy atom. The van der Waals surface area contributed by atoms with E-state index in [1.54, 1.807) is 0 Å². The molecule has 0 amide bonds. The second kappa shape index (κ2) is 8.26. The minimum absolute atomic E-state index is 0.356. The van der Waals surface area contributed by atoms with E-state index in [4.69, 9.17) is 4.74 Å². The molecule has 1 aromatic carbocycles. The molecule has 1 aromatic rings. The number of nitrogens with one attached hydrogen (secondary N) is 1. The molecule has 0 saturated heterocycles. The highest BCUT2D eigenvalue weighted by molar-refractivity contribution is 5.25. The molecule has 2 heteroatoms. The van der Waals surface area contributed by atoms with Crippen LogP contribution in [0.2, 0.25) is 0 Å². The second-order valence-corrected chi connectivity index (χ2v) is 4.73. The molecule has 0 saturated carbocycles. The summed E-state index contributed by atoms with van der Waals surface area (Å²) in [5.41, 5.74) is 2.76. The Morgan fingerprint density at radius 2 is 1.94 bits per heavy atom. The van der Waals surface area contributed by atoms with Crippen LogP contribution in [-0.4, -0.2) is 19.3 Å². The van der Waals surface area contributed by atoms with E-state index in [2.05, 4.69) is 50.4 Å². The van der Waals surface area contributed by atoms with Crippen molar-refractivity contribution < 1.29 is 4.74 Å². The molecule has 1 N–H and O–H groups in total. The summed E-state index contributed by atoms with van der Waals surface area (Å²) in [5.74, 6) is 0. The van der Waals surface area contributed by atoms with Gasteiger partial charge in [0.25, 0.3) is 0 Å². The lowest BCUT2D eigenvalue weighted by atomic mass is 10.1. The van der Waals surface area contributed by atoms with Gasteiger partial charge in [0.1, 0.15) is 0 Å². The molecule has 2 nitrogen and oxygen atoms in total. The molecule has 0 aliphatic carbocycles. The molecular weight excluding hydrogens is 210 g/mol. The molecule has 0 spiro atoms. The molecule has 0 atom stereocenters. The van der Waals surface area contributed by atoms with Gasteiger partial charge in [-0.15, -0.1) is 0 Å². The van der Waals surface area contributed by atoms with Gasteiger partial charge in [-0.25, -0.2) is 0 Å².